The van der Waals surface area contributed by atoms with E-state index in [2.05, 4.69) is 11.0 Å². The molecule has 0 atom stereocenters. The quantitative estimate of drug-likeness (QED) is 0.638. The van der Waals surface area contributed by atoms with E-state index in [-0.39, 0.29) is 5.63 Å². The first-order valence-electron chi connectivity index (χ1n) is 8.18. The van der Waals surface area contributed by atoms with Crippen LogP contribution in [0.3, 0.4) is 0 Å². The van der Waals surface area contributed by atoms with Crippen LogP contribution in [0.1, 0.15) is 22.3 Å². The Kier molecular flexibility index (Phi) is 4.02. The maximum Gasteiger partial charge on any atom is 0.336 e. The van der Waals surface area contributed by atoms with Crippen molar-refractivity contribution in [3.63, 3.8) is 0 Å². The van der Waals surface area contributed by atoms with Gasteiger partial charge in [0.25, 0.3) is 0 Å². The number of benzene rings is 2. The Morgan fingerprint density at radius 1 is 1.20 bits per heavy atom. The van der Waals surface area contributed by atoms with Crippen LogP contribution in [-0.4, -0.2) is 11.6 Å². The summed E-state index contributed by atoms with van der Waals surface area (Å²) < 4.78 is 11.4. The van der Waals surface area contributed by atoms with Gasteiger partial charge in [-0.3, -0.25) is 4.90 Å². The van der Waals surface area contributed by atoms with E-state index >= 15 is 0 Å². The maximum absolute atomic E-state index is 11.7. The summed E-state index contributed by atoms with van der Waals surface area (Å²) in [6, 6.07) is 11.4. The fourth-order valence-electron chi connectivity index (χ4n) is 3.39. The predicted molar refractivity (Wildman–Crippen MR) is 98.2 cm³/mol. The summed E-state index contributed by atoms with van der Waals surface area (Å²) in [6.07, 6.45) is 0. The van der Waals surface area contributed by atoms with Crippen molar-refractivity contribution < 1.29 is 9.15 Å². The van der Waals surface area contributed by atoms with Crippen LogP contribution in [0, 0.1) is 13.8 Å². The number of hydrogen-bond donors (Lipinski definition) is 0. The number of hydrogen-bond acceptors (Lipinski definition) is 4. The van der Waals surface area contributed by atoms with E-state index in [0.29, 0.717) is 12.3 Å². The van der Waals surface area contributed by atoms with Gasteiger partial charge in [0.1, 0.15) is 18.1 Å². The molecule has 1 aromatic heterocycles. The highest BCUT2D eigenvalue weighted by Gasteiger charge is 2.23. The molecule has 3 aromatic rings. The number of ether oxygens (including phenoxy) is 1. The second kappa shape index (κ2) is 6.21. The monoisotopic (exact) mass is 355 g/mol. The first kappa shape index (κ1) is 16.2. The summed E-state index contributed by atoms with van der Waals surface area (Å²) in [7, 11) is 0. The van der Waals surface area contributed by atoms with Gasteiger partial charge in [-0.2, -0.15) is 0 Å². The van der Waals surface area contributed by atoms with E-state index in [1.54, 1.807) is 0 Å². The van der Waals surface area contributed by atoms with Gasteiger partial charge in [-0.1, -0.05) is 29.8 Å². The highest BCUT2D eigenvalue weighted by atomic mass is 35.5. The molecule has 2 heterocycles. The third kappa shape index (κ3) is 2.92. The first-order chi connectivity index (χ1) is 12.0. The minimum absolute atomic E-state index is 0.329. The summed E-state index contributed by atoms with van der Waals surface area (Å²) in [5.41, 5.74) is 4.26. The van der Waals surface area contributed by atoms with Crippen LogP contribution in [0.25, 0.3) is 11.0 Å². The molecular formula is C20H18ClNO3. The second-order valence-corrected chi connectivity index (χ2v) is 6.87. The van der Waals surface area contributed by atoms with Crippen molar-refractivity contribution in [2.24, 2.45) is 0 Å². The third-order valence-electron chi connectivity index (χ3n) is 4.64. The SMILES string of the molecule is Cc1cc(=O)oc2c(C)c3c(cc12)CN(Cc1ccccc1Cl)CO3. The Morgan fingerprint density at radius 3 is 2.80 bits per heavy atom. The molecule has 4 rings (SSSR count). The van der Waals surface area contributed by atoms with E-state index in [1.807, 2.05) is 38.1 Å². The fourth-order valence-corrected chi connectivity index (χ4v) is 3.59. The van der Waals surface area contributed by atoms with Gasteiger partial charge in [0.15, 0.2) is 0 Å². The van der Waals surface area contributed by atoms with Crippen LogP contribution in [0.5, 0.6) is 5.75 Å². The minimum Gasteiger partial charge on any atom is -0.477 e. The molecule has 0 bridgehead atoms. The Morgan fingerprint density at radius 2 is 2.00 bits per heavy atom. The van der Waals surface area contributed by atoms with E-state index < -0.39 is 0 Å². The van der Waals surface area contributed by atoms with Crippen LogP contribution in [-0.2, 0) is 13.1 Å². The highest BCUT2D eigenvalue weighted by Crippen LogP contribution is 2.36. The molecule has 0 fully saturated rings. The molecule has 1 aliphatic heterocycles. The molecule has 0 saturated carbocycles. The van der Waals surface area contributed by atoms with Gasteiger partial charge in [0, 0.05) is 40.7 Å². The van der Waals surface area contributed by atoms with Crippen LogP contribution >= 0.6 is 11.6 Å². The summed E-state index contributed by atoms with van der Waals surface area (Å²) >= 11 is 6.27. The number of nitrogens with zero attached hydrogens (tertiary/aromatic N) is 1. The van der Waals surface area contributed by atoms with Gasteiger partial charge in [0.2, 0.25) is 0 Å². The molecular weight excluding hydrogens is 338 g/mol. The lowest BCUT2D eigenvalue weighted by atomic mass is 10.0. The Bertz CT molecular complexity index is 1030. The molecule has 128 valence electrons. The topological polar surface area (TPSA) is 42.7 Å². The molecule has 5 heteroatoms. The van der Waals surface area contributed by atoms with E-state index in [0.717, 1.165) is 51.5 Å². The number of fused-ring (bicyclic) bond motifs is 2. The molecule has 0 N–H and O–H groups in total. The van der Waals surface area contributed by atoms with Crippen molar-refractivity contribution in [2.75, 3.05) is 6.73 Å². The van der Waals surface area contributed by atoms with Gasteiger partial charge in [-0.15, -0.1) is 0 Å². The Hall–Kier alpha value is -2.30. The molecule has 0 spiro atoms. The minimum atomic E-state index is -0.329. The molecule has 25 heavy (non-hydrogen) atoms. The summed E-state index contributed by atoms with van der Waals surface area (Å²) in [5.74, 6) is 0.816. The maximum atomic E-state index is 11.7. The Balaban J connectivity index is 1.71. The molecule has 0 aliphatic carbocycles. The predicted octanol–water partition coefficient (Wildman–Crippen LogP) is 4.42. The molecule has 0 unspecified atom stereocenters. The van der Waals surface area contributed by atoms with E-state index in [9.17, 15) is 4.79 Å². The third-order valence-corrected chi connectivity index (χ3v) is 5.00. The molecule has 0 radical (unpaired) electrons. The number of halogens is 1. The Labute approximate surface area is 150 Å². The van der Waals surface area contributed by atoms with Gasteiger partial charge < -0.3 is 9.15 Å². The van der Waals surface area contributed by atoms with Crippen molar-refractivity contribution >= 4 is 22.6 Å². The summed E-state index contributed by atoms with van der Waals surface area (Å²) in [6.45, 7) is 5.82. The smallest absolute Gasteiger partial charge is 0.336 e. The van der Waals surface area contributed by atoms with Crippen molar-refractivity contribution in [1.82, 2.24) is 4.90 Å². The van der Waals surface area contributed by atoms with Crippen molar-refractivity contribution in [2.45, 2.75) is 26.9 Å². The van der Waals surface area contributed by atoms with Gasteiger partial charge >= 0.3 is 5.63 Å². The lowest BCUT2D eigenvalue weighted by Crippen LogP contribution is -2.32. The van der Waals surface area contributed by atoms with Crippen LogP contribution in [0.4, 0.5) is 0 Å². The normalized spacial score (nSPS) is 14.4. The summed E-state index contributed by atoms with van der Waals surface area (Å²) in [5, 5.41) is 1.72. The standard InChI is InChI=1S/C20H18ClNO3/c1-12-7-18(23)25-20-13(2)19-15(8-16(12)20)10-22(11-24-19)9-14-5-3-4-6-17(14)21/h3-8H,9-11H2,1-2H3. The van der Waals surface area contributed by atoms with E-state index in [1.165, 1.54) is 6.07 Å². The fraction of sp³-hybridized carbons (Fsp3) is 0.250. The lowest BCUT2D eigenvalue weighted by Gasteiger charge is -2.30. The van der Waals surface area contributed by atoms with Crippen molar-refractivity contribution in [3.8, 4) is 5.75 Å². The molecule has 0 amide bonds. The van der Waals surface area contributed by atoms with Gasteiger partial charge in [-0.05, 0) is 37.1 Å². The molecule has 2 aromatic carbocycles. The summed E-state index contributed by atoms with van der Waals surface area (Å²) in [4.78, 5) is 13.9. The van der Waals surface area contributed by atoms with Crippen LogP contribution in [0.2, 0.25) is 5.02 Å². The molecule has 1 aliphatic rings. The largest absolute Gasteiger partial charge is 0.477 e. The lowest BCUT2D eigenvalue weighted by molar-refractivity contribution is 0.0881. The van der Waals surface area contributed by atoms with Crippen molar-refractivity contribution in [3.05, 3.63) is 74.1 Å². The molecule has 4 nitrogen and oxygen atoms in total. The van der Waals surface area contributed by atoms with Gasteiger partial charge in [-0.25, -0.2) is 4.79 Å². The highest BCUT2D eigenvalue weighted by molar-refractivity contribution is 6.31. The van der Waals surface area contributed by atoms with Crippen LogP contribution < -0.4 is 10.4 Å². The average molecular weight is 356 g/mol. The zero-order chi connectivity index (χ0) is 17.6. The first-order valence-corrected chi connectivity index (χ1v) is 8.56. The molecule has 0 saturated heterocycles. The number of aryl methyl sites for hydroxylation is 2. The zero-order valence-electron chi connectivity index (χ0n) is 14.1. The average Bonchev–Trinajstić information content (AvgIpc) is 2.58. The van der Waals surface area contributed by atoms with E-state index in [4.69, 9.17) is 20.8 Å². The van der Waals surface area contributed by atoms with Gasteiger partial charge in [0.05, 0.1) is 0 Å². The second-order valence-electron chi connectivity index (χ2n) is 6.47. The number of rotatable bonds is 2. The zero-order valence-corrected chi connectivity index (χ0v) is 14.9. The van der Waals surface area contributed by atoms with Crippen molar-refractivity contribution in [1.29, 1.82) is 0 Å². The van der Waals surface area contributed by atoms with Crippen LogP contribution in [0.15, 0.2) is 45.6 Å².